The molecule has 2 amide bonds. The van der Waals surface area contributed by atoms with E-state index >= 15 is 0 Å². The topological polar surface area (TPSA) is 114 Å². The second-order valence-corrected chi connectivity index (χ2v) is 8.68. The molecule has 184 valence electrons. The molecule has 0 radical (unpaired) electrons. The molecule has 1 heterocycles. The first-order valence-electron chi connectivity index (χ1n) is 11.2. The minimum atomic E-state index is -1.13. The van der Waals surface area contributed by atoms with Gasteiger partial charge in [0.1, 0.15) is 0 Å². The number of carboxylic acids is 1. The first-order chi connectivity index (χ1) is 17.4. The number of carboxylic acid groups (broad SMARTS) is 1. The summed E-state index contributed by atoms with van der Waals surface area (Å²) in [6, 6.07) is 20.0. The Balaban J connectivity index is 1.90. The minimum absolute atomic E-state index is 0.214. The van der Waals surface area contributed by atoms with Crippen LogP contribution in [-0.2, 0) is 4.79 Å². The Bertz CT molecular complexity index is 1320. The summed E-state index contributed by atoms with van der Waals surface area (Å²) in [6.07, 6.45) is 0. The number of carbonyl (C=O) groups excluding carboxylic acids is 2. The highest BCUT2D eigenvalue weighted by Gasteiger charge is 2.34. The lowest BCUT2D eigenvalue weighted by atomic mass is 9.87. The SMILES string of the molecule is CCOc1cc([C@@H]2NC(=O)NC(c3ccccc3)=C2C(=O)c2ccccc2)cc(Br)c1OCC(=O)O. The lowest BCUT2D eigenvalue weighted by Crippen LogP contribution is -2.45. The predicted molar refractivity (Wildman–Crippen MR) is 137 cm³/mol. The first-order valence-corrected chi connectivity index (χ1v) is 12.0. The fourth-order valence-corrected chi connectivity index (χ4v) is 4.50. The van der Waals surface area contributed by atoms with Gasteiger partial charge in [-0.2, -0.15) is 0 Å². The molecule has 1 atom stereocenters. The van der Waals surface area contributed by atoms with Gasteiger partial charge in [0.25, 0.3) is 0 Å². The molecule has 0 aliphatic carbocycles. The summed E-state index contributed by atoms with van der Waals surface area (Å²) in [6.45, 7) is 1.52. The molecule has 9 heteroatoms. The number of rotatable bonds is 9. The molecule has 36 heavy (non-hydrogen) atoms. The summed E-state index contributed by atoms with van der Waals surface area (Å²) < 4.78 is 11.6. The van der Waals surface area contributed by atoms with Crippen molar-refractivity contribution in [1.82, 2.24) is 10.6 Å². The van der Waals surface area contributed by atoms with Crippen molar-refractivity contribution >= 4 is 39.4 Å². The van der Waals surface area contributed by atoms with E-state index in [0.717, 1.165) is 0 Å². The Morgan fingerprint density at radius 2 is 1.67 bits per heavy atom. The number of ether oxygens (including phenoxy) is 2. The van der Waals surface area contributed by atoms with E-state index in [1.165, 1.54) is 0 Å². The molecule has 1 aliphatic rings. The Labute approximate surface area is 216 Å². The molecule has 0 saturated heterocycles. The summed E-state index contributed by atoms with van der Waals surface area (Å²) in [4.78, 5) is 37.7. The second-order valence-electron chi connectivity index (χ2n) is 7.83. The van der Waals surface area contributed by atoms with Gasteiger partial charge < -0.3 is 25.2 Å². The third-order valence-corrected chi connectivity index (χ3v) is 6.01. The summed E-state index contributed by atoms with van der Waals surface area (Å²) in [5.41, 5.74) is 2.45. The molecule has 3 N–H and O–H groups in total. The molecule has 0 fully saturated rings. The number of halogens is 1. The van der Waals surface area contributed by atoms with E-state index in [4.69, 9.17) is 14.6 Å². The van der Waals surface area contributed by atoms with Crippen LogP contribution in [0.15, 0.2) is 82.8 Å². The van der Waals surface area contributed by atoms with Crippen LogP contribution in [0.2, 0.25) is 0 Å². The number of carbonyl (C=O) groups is 3. The average molecular weight is 551 g/mol. The van der Waals surface area contributed by atoms with Crippen molar-refractivity contribution in [3.8, 4) is 11.5 Å². The number of urea groups is 1. The molecule has 1 aliphatic heterocycles. The van der Waals surface area contributed by atoms with E-state index in [2.05, 4.69) is 26.6 Å². The van der Waals surface area contributed by atoms with Gasteiger partial charge in [-0.1, -0.05) is 60.7 Å². The van der Waals surface area contributed by atoms with Crippen molar-refractivity contribution < 1.29 is 29.0 Å². The molecule has 3 aromatic rings. The molecule has 0 spiro atoms. The van der Waals surface area contributed by atoms with Crippen LogP contribution in [-0.4, -0.2) is 36.1 Å². The average Bonchev–Trinajstić information content (AvgIpc) is 2.88. The first kappa shape index (κ1) is 25.0. The molecule has 3 aromatic carbocycles. The van der Waals surface area contributed by atoms with Crippen LogP contribution < -0.4 is 20.1 Å². The fourth-order valence-electron chi connectivity index (χ4n) is 3.93. The standard InChI is InChI=1S/C27H23BrN2O6/c1-2-35-20-14-18(13-19(28)26(20)36-15-21(31)32)24-22(25(33)17-11-7-4-8-12-17)23(29-27(34)30-24)16-9-5-3-6-10-16/h3-14,24H,2,15H2,1H3,(H,31,32)(H2,29,30,34)/t24-/m0/s1. The normalized spacial score (nSPS) is 15.1. The van der Waals surface area contributed by atoms with Crippen LogP contribution >= 0.6 is 15.9 Å². The van der Waals surface area contributed by atoms with Gasteiger partial charge in [0.15, 0.2) is 23.9 Å². The van der Waals surface area contributed by atoms with Crippen molar-refractivity contribution in [3.63, 3.8) is 0 Å². The molecule has 4 rings (SSSR count). The van der Waals surface area contributed by atoms with Crippen LogP contribution in [0.4, 0.5) is 4.79 Å². The Kier molecular flexibility index (Phi) is 7.70. The summed E-state index contributed by atoms with van der Waals surface area (Å²) in [7, 11) is 0. The number of hydrogen-bond donors (Lipinski definition) is 3. The van der Waals surface area contributed by atoms with E-state index in [-0.39, 0.29) is 17.3 Å². The number of nitrogens with one attached hydrogen (secondary N) is 2. The van der Waals surface area contributed by atoms with Gasteiger partial charge in [0.2, 0.25) is 0 Å². The predicted octanol–water partition coefficient (Wildman–Crippen LogP) is 4.96. The molecular formula is C27H23BrN2O6. The van der Waals surface area contributed by atoms with Crippen molar-refractivity contribution in [3.05, 3.63) is 99.5 Å². The summed E-state index contributed by atoms with van der Waals surface area (Å²) in [5, 5.41) is 14.7. The van der Waals surface area contributed by atoms with Crippen molar-refractivity contribution in [2.75, 3.05) is 13.2 Å². The van der Waals surface area contributed by atoms with Crippen LogP contribution in [0, 0.1) is 0 Å². The lowest BCUT2D eigenvalue weighted by molar-refractivity contribution is -0.139. The van der Waals surface area contributed by atoms with Crippen LogP contribution in [0.1, 0.15) is 34.5 Å². The highest BCUT2D eigenvalue weighted by atomic mass is 79.9. The monoisotopic (exact) mass is 550 g/mol. The zero-order valence-electron chi connectivity index (χ0n) is 19.3. The maximum Gasteiger partial charge on any atom is 0.341 e. The van der Waals surface area contributed by atoms with Gasteiger partial charge in [0, 0.05) is 5.56 Å². The molecule has 0 saturated carbocycles. The number of hydrogen-bond acceptors (Lipinski definition) is 5. The summed E-state index contributed by atoms with van der Waals surface area (Å²) in [5.74, 6) is -0.896. The maximum absolute atomic E-state index is 13.8. The quantitative estimate of drug-likeness (QED) is 0.324. The zero-order valence-corrected chi connectivity index (χ0v) is 20.9. The van der Waals surface area contributed by atoms with Crippen molar-refractivity contribution in [1.29, 1.82) is 0 Å². The van der Waals surface area contributed by atoms with E-state index in [1.807, 2.05) is 36.4 Å². The number of amides is 2. The number of benzene rings is 3. The molecule has 0 aromatic heterocycles. The molecule has 0 bridgehead atoms. The second kappa shape index (κ2) is 11.1. The van der Waals surface area contributed by atoms with Gasteiger partial charge in [-0.25, -0.2) is 9.59 Å². The fraction of sp³-hybridized carbons (Fsp3) is 0.148. The molecular weight excluding hydrogens is 528 g/mol. The number of ketones is 1. The third kappa shape index (κ3) is 5.41. The smallest absolute Gasteiger partial charge is 0.341 e. The van der Waals surface area contributed by atoms with Crippen molar-refractivity contribution in [2.24, 2.45) is 0 Å². The van der Waals surface area contributed by atoms with Crippen LogP contribution in [0.5, 0.6) is 11.5 Å². The Morgan fingerprint density at radius 1 is 1.00 bits per heavy atom. The molecule has 8 nitrogen and oxygen atoms in total. The van der Waals surface area contributed by atoms with Crippen molar-refractivity contribution in [2.45, 2.75) is 13.0 Å². The van der Waals surface area contributed by atoms with Gasteiger partial charge in [0.05, 0.1) is 28.4 Å². The summed E-state index contributed by atoms with van der Waals surface area (Å²) >= 11 is 3.43. The van der Waals surface area contributed by atoms with Gasteiger partial charge in [-0.15, -0.1) is 0 Å². The van der Waals surface area contributed by atoms with Gasteiger partial charge in [-0.3, -0.25) is 4.79 Å². The maximum atomic E-state index is 13.8. The largest absolute Gasteiger partial charge is 0.490 e. The highest BCUT2D eigenvalue weighted by molar-refractivity contribution is 9.10. The van der Waals surface area contributed by atoms with E-state index in [9.17, 15) is 14.4 Å². The van der Waals surface area contributed by atoms with Gasteiger partial charge in [-0.05, 0) is 46.1 Å². The van der Waals surface area contributed by atoms with E-state index in [0.29, 0.717) is 39.0 Å². The Hall–Kier alpha value is -4.11. The van der Waals surface area contributed by atoms with E-state index in [1.54, 1.807) is 43.3 Å². The van der Waals surface area contributed by atoms with Gasteiger partial charge >= 0.3 is 12.0 Å². The third-order valence-electron chi connectivity index (χ3n) is 5.42. The van der Waals surface area contributed by atoms with E-state index < -0.39 is 24.6 Å². The van der Waals surface area contributed by atoms with Crippen LogP contribution in [0.25, 0.3) is 5.70 Å². The lowest BCUT2D eigenvalue weighted by Gasteiger charge is -2.30. The van der Waals surface area contributed by atoms with Crippen LogP contribution in [0.3, 0.4) is 0 Å². The zero-order chi connectivity index (χ0) is 25.7. The minimum Gasteiger partial charge on any atom is -0.490 e. The highest BCUT2D eigenvalue weighted by Crippen LogP contribution is 2.41. The Morgan fingerprint density at radius 3 is 2.31 bits per heavy atom. The number of Topliss-reactive ketones (excluding diaryl/α,β-unsaturated/α-hetero) is 1. The molecule has 0 unspecified atom stereocenters. The number of aliphatic carboxylic acids is 1.